The number of hydrogen-bond donors (Lipinski definition) is 0. The highest BCUT2D eigenvalue weighted by Crippen LogP contribution is 1.60. The predicted octanol–water partition coefficient (Wildman–Crippen LogP) is -2.60. The molecular weight excluding hydrogens is 228 g/mol. The van der Waals surface area contributed by atoms with Crippen LogP contribution in [-0.2, 0) is 30.9 Å². The van der Waals surface area contributed by atoms with Gasteiger partial charge in [-0.15, -0.1) is 0 Å². The van der Waals surface area contributed by atoms with E-state index in [4.69, 9.17) is 0 Å². The van der Waals surface area contributed by atoms with Crippen LogP contribution in [0.25, 0.3) is 0 Å². The maximum Gasteiger partial charge on any atom is 0.223 e. The Morgan fingerprint density at radius 1 is 0.750 bits per heavy atom. The summed E-state index contributed by atoms with van der Waals surface area (Å²) in [6, 6.07) is 0. The summed E-state index contributed by atoms with van der Waals surface area (Å²) in [6.07, 6.45) is 0. The molecule has 0 saturated heterocycles. The van der Waals surface area contributed by atoms with Crippen LogP contribution < -0.4 is 0 Å². The molecule has 0 amide bonds. The van der Waals surface area contributed by atoms with Gasteiger partial charge in [0.2, 0.25) is 30.9 Å². The summed E-state index contributed by atoms with van der Waals surface area (Å²) in [5.74, 6) is 0. The summed E-state index contributed by atoms with van der Waals surface area (Å²) in [7, 11) is -8.36. The van der Waals surface area contributed by atoms with Gasteiger partial charge in [0.1, 0.15) is 4.86 Å². The van der Waals surface area contributed by atoms with Gasteiger partial charge < -0.3 is 0 Å². The van der Waals surface area contributed by atoms with Gasteiger partial charge in [0.25, 0.3) is 0 Å². The van der Waals surface area contributed by atoms with Crippen molar-refractivity contribution in [2.75, 3.05) is 0 Å². The third kappa shape index (κ3) is 4.82. The van der Waals surface area contributed by atoms with Gasteiger partial charge in [-0.1, -0.05) is 0 Å². The van der Waals surface area contributed by atoms with Crippen LogP contribution in [0.3, 0.4) is 0 Å². The van der Waals surface area contributed by atoms with Crippen LogP contribution in [-0.4, -0.2) is 40.9 Å². The van der Waals surface area contributed by atoms with Gasteiger partial charge in [-0.2, -0.15) is 25.3 Å². The molecule has 0 spiro atoms. The van der Waals surface area contributed by atoms with Gasteiger partial charge in [0.05, 0.1) is 10.7 Å². The molecule has 0 bridgehead atoms. The Labute approximate surface area is 72.1 Å². The monoisotopic (exact) mass is 230 g/mol. The lowest BCUT2D eigenvalue weighted by Gasteiger charge is -1.70. The summed E-state index contributed by atoms with van der Waals surface area (Å²) >= 11 is 0. The van der Waals surface area contributed by atoms with E-state index in [2.05, 4.69) is 0 Å². The molecule has 0 aromatic heterocycles. The Hall–Kier alpha value is -0.930. The van der Waals surface area contributed by atoms with Gasteiger partial charge in [0.15, 0.2) is 0 Å². The van der Waals surface area contributed by atoms with Crippen LogP contribution in [0, 0.1) is 0 Å². The quantitative estimate of drug-likeness (QED) is 0.482. The van der Waals surface area contributed by atoms with Crippen LogP contribution in [0.2, 0.25) is 0 Å². The number of hydrogen-bond acceptors (Lipinski definition) is 6. The Morgan fingerprint density at radius 3 is 1.25 bits per heavy atom. The van der Waals surface area contributed by atoms with Crippen molar-refractivity contribution < 1.29 is 25.3 Å². The highest BCUT2D eigenvalue weighted by Gasteiger charge is 1.93. The van der Waals surface area contributed by atoms with Crippen molar-refractivity contribution >= 4 is 46.5 Å². The molecule has 0 N–H and O–H groups in total. The molecule has 0 aromatic rings. The first-order valence-corrected chi connectivity index (χ1v) is 5.60. The normalized spacial score (nSPS) is 8.33. The first-order chi connectivity index (χ1) is 5.43. The minimum absolute atomic E-state index is 0.277. The van der Waals surface area contributed by atoms with E-state index in [0.717, 1.165) is 0 Å². The van der Waals surface area contributed by atoms with Gasteiger partial charge in [-0.25, -0.2) is 0 Å². The van der Waals surface area contributed by atoms with Gasteiger partial charge >= 0.3 is 0 Å². The van der Waals surface area contributed by atoms with E-state index in [1.165, 1.54) is 0 Å². The van der Waals surface area contributed by atoms with Crippen LogP contribution in [0.1, 0.15) is 0 Å². The van der Waals surface area contributed by atoms with E-state index < -0.39 is 35.7 Å². The molecule has 0 heterocycles. The second-order valence-electron chi connectivity index (χ2n) is 1.39. The maximum atomic E-state index is 10.1. The lowest BCUT2D eigenvalue weighted by atomic mass is 10.6. The van der Waals surface area contributed by atoms with E-state index in [1.54, 1.807) is 0 Å². The average molecular weight is 230 g/mol. The molecule has 0 aliphatic carbocycles. The fourth-order valence-corrected chi connectivity index (χ4v) is 2.00. The predicted molar refractivity (Wildman–Crippen MR) is 43.9 cm³/mol. The molecule has 0 rings (SSSR count). The van der Waals surface area contributed by atoms with E-state index in [1.807, 2.05) is 0 Å². The molecule has 0 fully saturated rings. The summed E-state index contributed by atoms with van der Waals surface area (Å²) in [5.41, 5.74) is 0. The van der Waals surface area contributed by atoms with Crippen molar-refractivity contribution in [3.05, 3.63) is 0 Å². The van der Waals surface area contributed by atoms with Crippen LogP contribution in [0.15, 0.2) is 0 Å². The fourth-order valence-electron chi connectivity index (χ4n) is 0.296. The first-order valence-electron chi connectivity index (χ1n) is 2.25. The molecule has 0 saturated carbocycles. The molecule has 0 atom stereocenters. The molecule has 9 heteroatoms. The van der Waals surface area contributed by atoms with E-state index in [9.17, 15) is 25.3 Å². The average Bonchev–Trinajstić information content (AvgIpc) is 1.83. The van der Waals surface area contributed by atoms with Crippen molar-refractivity contribution in [1.29, 1.82) is 0 Å². The van der Waals surface area contributed by atoms with Gasteiger partial charge in [-0.3, -0.25) is 0 Å². The SMILES string of the molecule is O=S(=O)=CC(C=S(=O)=O)=S(=O)=O. The third-order valence-electron chi connectivity index (χ3n) is 0.617. The summed E-state index contributed by atoms with van der Waals surface area (Å²) in [5, 5.41) is 0.553. The smallest absolute Gasteiger partial charge is 0.185 e. The largest absolute Gasteiger partial charge is 0.223 e. The molecule has 0 radical (unpaired) electrons. The van der Waals surface area contributed by atoms with Crippen molar-refractivity contribution in [3.8, 4) is 0 Å². The molecule has 0 aromatic carbocycles. The van der Waals surface area contributed by atoms with Crippen LogP contribution in [0.5, 0.6) is 0 Å². The highest BCUT2D eigenvalue weighted by molar-refractivity contribution is 7.86. The third-order valence-corrected chi connectivity index (χ3v) is 2.43. The molecule has 12 heavy (non-hydrogen) atoms. The van der Waals surface area contributed by atoms with Crippen molar-refractivity contribution in [2.45, 2.75) is 0 Å². The zero-order valence-electron chi connectivity index (χ0n) is 5.33. The summed E-state index contributed by atoms with van der Waals surface area (Å²) in [4.78, 5) is -0.809. The minimum atomic E-state index is -2.88. The van der Waals surface area contributed by atoms with Gasteiger partial charge in [-0.05, 0) is 0 Å². The Bertz CT molecular complexity index is 492. The van der Waals surface area contributed by atoms with Crippen molar-refractivity contribution in [2.24, 2.45) is 0 Å². The van der Waals surface area contributed by atoms with Gasteiger partial charge in [0, 0.05) is 0 Å². The van der Waals surface area contributed by atoms with Crippen LogP contribution >= 0.6 is 0 Å². The molecule has 0 unspecified atom stereocenters. The Balaban J connectivity index is 5.79. The lowest BCUT2D eigenvalue weighted by molar-refractivity contribution is 0.625. The maximum absolute atomic E-state index is 10.1. The molecule has 0 aliphatic rings. The van der Waals surface area contributed by atoms with E-state index in [-0.39, 0.29) is 10.7 Å². The summed E-state index contributed by atoms with van der Waals surface area (Å²) in [6.45, 7) is 0. The van der Waals surface area contributed by atoms with Crippen molar-refractivity contribution in [3.63, 3.8) is 0 Å². The minimum Gasteiger partial charge on any atom is -0.185 e. The standard InChI is InChI=1S/C3H2O6S3/c4-10(5)1-3(12(8)9)2-11(6)7/h1-2H. The zero-order valence-corrected chi connectivity index (χ0v) is 7.78. The number of rotatable bonds is 2. The molecule has 68 valence electrons. The van der Waals surface area contributed by atoms with E-state index >= 15 is 0 Å². The Morgan fingerprint density at radius 2 is 1.08 bits per heavy atom. The zero-order chi connectivity index (χ0) is 9.72. The molecule has 0 aliphatic heterocycles. The second-order valence-corrected chi connectivity index (χ2v) is 3.85. The lowest BCUT2D eigenvalue weighted by Crippen LogP contribution is -2.04. The molecular formula is C3H2O6S3. The topological polar surface area (TPSA) is 102 Å². The highest BCUT2D eigenvalue weighted by atomic mass is 32.2. The second kappa shape index (κ2) is 4.85. The Kier molecular flexibility index (Phi) is 4.47. The fraction of sp³-hybridized carbons (Fsp3) is 0. The van der Waals surface area contributed by atoms with E-state index in [0.29, 0.717) is 0 Å². The first kappa shape index (κ1) is 11.1. The molecule has 6 nitrogen and oxygen atoms in total. The van der Waals surface area contributed by atoms with Crippen molar-refractivity contribution in [1.82, 2.24) is 0 Å². The van der Waals surface area contributed by atoms with Crippen LogP contribution in [0.4, 0.5) is 0 Å². The summed E-state index contributed by atoms with van der Waals surface area (Å²) < 4.78 is 59.9.